The Balaban J connectivity index is 1.77. The van der Waals surface area contributed by atoms with Crippen molar-refractivity contribution in [2.75, 3.05) is 0 Å². The average molecular weight is 400 g/mol. The van der Waals surface area contributed by atoms with E-state index < -0.39 is 22.4 Å². The fourth-order valence-corrected chi connectivity index (χ4v) is 2.45. The van der Waals surface area contributed by atoms with Gasteiger partial charge in [0.2, 0.25) is 5.75 Å². The number of aryl methyl sites for hydroxylation is 1. The van der Waals surface area contributed by atoms with E-state index in [1.54, 1.807) is 30.5 Å². The molecule has 3 aromatic carbocycles. The number of nitro benzene ring substituents is 1. The van der Waals surface area contributed by atoms with Crippen molar-refractivity contribution in [2.24, 2.45) is 4.99 Å². The van der Waals surface area contributed by atoms with E-state index in [2.05, 4.69) is 4.99 Å². The van der Waals surface area contributed by atoms with Crippen molar-refractivity contribution in [3.8, 4) is 11.5 Å². The number of rotatable bonds is 5. The summed E-state index contributed by atoms with van der Waals surface area (Å²) >= 11 is 0. The molecule has 0 heterocycles. The summed E-state index contributed by atoms with van der Waals surface area (Å²) in [6.07, 6.45) is -3.03. The van der Waals surface area contributed by atoms with Crippen molar-refractivity contribution < 1.29 is 22.8 Å². The minimum absolute atomic E-state index is 0.250. The van der Waals surface area contributed by atoms with E-state index in [0.29, 0.717) is 6.07 Å². The summed E-state index contributed by atoms with van der Waals surface area (Å²) in [5.41, 5.74) is 0.808. The Labute approximate surface area is 164 Å². The van der Waals surface area contributed by atoms with Crippen LogP contribution in [0, 0.1) is 17.0 Å². The van der Waals surface area contributed by atoms with E-state index in [4.69, 9.17) is 4.74 Å². The first kappa shape index (κ1) is 20.1. The molecule has 0 unspecified atom stereocenters. The van der Waals surface area contributed by atoms with Gasteiger partial charge in [-0.05, 0) is 61.0 Å². The normalized spacial score (nSPS) is 11.6. The van der Waals surface area contributed by atoms with Crippen LogP contribution < -0.4 is 4.74 Å². The number of hydrogen-bond donors (Lipinski definition) is 0. The highest BCUT2D eigenvalue weighted by Crippen LogP contribution is 2.37. The molecule has 0 atom stereocenters. The van der Waals surface area contributed by atoms with Gasteiger partial charge in [0.1, 0.15) is 5.75 Å². The molecule has 3 aromatic rings. The summed E-state index contributed by atoms with van der Waals surface area (Å²) in [5, 5.41) is 11.1. The molecule has 5 nitrogen and oxygen atoms in total. The Morgan fingerprint density at radius 3 is 2.24 bits per heavy atom. The summed E-state index contributed by atoms with van der Waals surface area (Å²) in [6, 6.07) is 16.3. The van der Waals surface area contributed by atoms with Crippen molar-refractivity contribution in [3.63, 3.8) is 0 Å². The van der Waals surface area contributed by atoms with E-state index >= 15 is 0 Å². The van der Waals surface area contributed by atoms with Crippen molar-refractivity contribution in [3.05, 3.63) is 93.5 Å². The number of nitrogens with zero attached hydrogens (tertiary/aromatic N) is 2. The zero-order valence-corrected chi connectivity index (χ0v) is 15.2. The van der Waals surface area contributed by atoms with Gasteiger partial charge in [-0.2, -0.15) is 13.2 Å². The average Bonchev–Trinajstić information content (AvgIpc) is 2.68. The fraction of sp³-hybridized carbons (Fsp3) is 0.0952. The van der Waals surface area contributed by atoms with Gasteiger partial charge in [-0.15, -0.1) is 0 Å². The summed E-state index contributed by atoms with van der Waals surface area (Å²) < 4.78 is 43.7. The number of halogens is 3. The Kier molecular flexibility index (Phi) is 5.63. The highest BCUT2D eigenvalue weighted by atomic mass is 19.4. The molecule has 8 heteroatoms. The first-order valence-electron chi connectivity index (χ1n) is 8.47. The second-order valence-corrected chi connectivity index (χ2v) is 6.20. The maximum atomic E-state index is 12.8. The lowest BCUT2D eigenvalue weighted by molar-refractivity contribution is -0.385. The summed E-state index contributed by atoms with van der Waals surface area (Å²) in [6.45, 7) is 1.98. The third-order valence-electron chi connectivity index (χ3n) is 3.99. The van der Waals surface area contributed by atoms with Crippen LogP contribution in [0.15, 0.2) is 71.7 Å². The predicted molar refractivity (Wildman–Crippen MR) is 103 cm³/mol. The molecule has 3 rings (SSSR count). The molecule has 0 radical (unpaired) electrons. The second-order valence-electron chi connectivity index (χ2n) is 6.20. The molecular weight excluding hydrogens is 385 g/mol. The van der Waals surface area contributed by atoms with E-state index in [0.717, 1.165) is 28.9 Å². The first-order valence-corrected chi connectivity index (χ1v) is 8.47. The molecule has 0 spiro atoms. The number of aliphatic imine (C=N–C) groups is 1. The Morgan fingerprint density at radius 2 is 1.66 bits per heavy atom. The van der Waals surface area contributed by atoms with Crippen LogP contribution >= 0.6 is 0 Å². The van der Waals surface area contributed by atoms with Crippen LogP contribution in [0.5, 0.6) is 11.5 Å². The zero-order chi connectivity index (χ0) is 21.0. The van der Waals surface area contributed by atoms with Gasteiger partial charge < -0.3 is 4.74 Å². The maximum Gasteiger partial charge on any atom is 0.416 e. The van der Waals surface area contributed by atoms with Crippen molar-refractivity contribution in [1.29, 1.82) is 0 Å². The minimum Gasteiger partial charge on any atom is -0.450 e. The summed E-state index contributed by atoms with van der Waals surface area (Å²) in [4.78, 5) is 14.6. The number of nitro groups is 1. The molecule has 0 saturated heterocycles. The molecule has 0 aliphatic rings. The SMILES string of the molecule is Cc1ccc(N=Cc2ccc(Oc3ccc(C(F)(F)F)cc3[N+](=O)[O-])cc2)cc1. The quantitative estimate of drug-likeness (QED) is 0.280. The second kappa shape index (κ2) is 8.14. The Bertz CT molecular complexity index is 1040. The zero-order valence-electron chi connectivity index (χ0n) is 15.2. The lowest BCUT2D eigenvalue weighted by atomic mass is 10.2. The van der Waals surface area contributed by atoms with Crippen molar-refractivity contribution in [1.82, 2.24) is 0 Å². The number of ether oxygens (including phenoxy) is 1. The summed E-state index contributed by atoms with van der Waals surface area (Å²) in [5.74, 6) is -0.0237. The van der Waals surface area contributed by atoms with E-state index in [1.807, 2.05) is 31.2 Å². The monoisotopic (exact) mass is 400 g/mol. The van der Waals surface area contributed by atoms with Crippen LogP contribution in [0.3, 0.4) is 0 Å². The molecule has 0 amide bonds. The molecule has 0 N–H and O–H groups in total. The molecule has 0 fully saturated rings. The highest BCUT2D eigenvalue weighted by molar-refractivity contribution is 5.82. The molecule has 0 aliphatic carbocycles. The Morgan fingerprint density at radius 1 is 1.00 bits per heavy atom. The molecule has 148 valence electrons. The largest absolute Gasteiger partial charge is 0.450 e. The van der Waals surface area contributed by atoms with Crippen LogP contribution in [-0.2, 0) is 6.18 Å². The maximum absolute atomic E-state index is 12.8. The van der Waals surface area contributed by atoms with Crippen LogP contribution in [0.4, 0.5) is 24.5 Å². The van der Waals surface area contributed by atoms with Crippen LogP contribution in [-0.4, -0.2) is 11.1 Å². The van der Waals surface area contributed by atoms with Gasteiger partial charge in [-0.1, -0.05) is 17.7 Å². The van der Waals surface area contributed by atoms with Crippen LogP contribution in [0.25, 0.3) is 0 Å². The first-order chi connectivity index (χ1) is 13.7. The number of benzene rings is 3. The van der Waals surface area contributed by atoms with E-state index in [1.165, 1.54) is 0 Å². The van der Waals surface area contributed by atoms with E-state index in [-0.39, 0.29) is 11.5 Å². The Hall–Kier alpha value is -3.68. The molecular formula is C21H15F3N2O3. The van der Waals surface area contributed by atoms with Gasteiger partial charge in [0.25, 0.3) is 0 Å². The molecule has 0 aromatic heterocycles. The molecule has 0 aliphatic heterocycles. The smallest absolute Gasteiger partial charge is 0.416 e. The number of hydrogen-bond acceptors (Lipinski definition) is 4. The van der Waals surface area contributed by atoms with Crippen molar-refractivity contribution in [2.45, 2.75) is 13.1 Å². The van der Waals surface area contributed by atoms with Gasteiger partial charge >= 0.3 is 11.9 Å². The lowest BCUT2D eigenvalue weighted by Gasteiger charge is -2.10. The molecule has 0 bridgehead atoms. The van der Waals surface area contributed by atoms with Gasteiger partial charge in [0, 0.05) is 12.3 Å². The van der Waals surface area contributed by atoms with Gasteiger partial charge in [-0.25, -0.2) is 0 Å². The standard InChI is InChI=1S/C21H15F3N2O3/c1-14-2-7-17(8-3-14)25-13-15-4-9-18(10-5-15)29-20-11-6-16(21(22,23)24)12-19(20)26(27)28/h2-13H,1H3. The lowest BCUT2D eigenvalue weighted by Crippen LogP contribution is -2.06. The van der Waals surface area contributed by atoms with Crippen LogP contribution in [0.1, 0.15) is 16.7 Å². The number of alkyl halides is 3. The third-order valence-corrected chi connectivity index (χ3v) is 3.99. The van der Waals surface area contributed by atoms with Gasteiger partial charge in [0.15, 0.2) is 0 Å². The fourth-order valence-electron chi connectivity index (χ4n) is 2.45. The van der Waals surface area contributed by atoms with Crippen LogP contribution in [0.2, 0.25) is 0 Å². The molecule has 0 saturated carbocycles. The third kappa shape index (κ3) is 5.19. The topological polar surface area (TPSA) is 64.7 Å². The van der Waals surface area contributed by atoms with Gasteiger partial charge in [0.05, 0.1) is 16.2 Å². The minimum atomic E-state index is -4.68. The molecule has 29 heavy (non-hydrogen) atoms. The van der Waals surface area contributed by atoms with Crippen molar-refractivity contribution >= 4 is 17.6 Å². The van der Waals surface area contributed by atoms with E-state index in [9.17, 15) is 23.3 Å². The summed E-state index contributed by atoms with van der Waals surface area (Å²) in [7, 11) is 0. The predicted octanol–water partition coefficient (Wildman–Crippen LogP) is 6.46. The highest BCUT2D eigenvalue weighted by Gasteiger charge is 2.33. The van der Waals surface area contributed by atoms with Gasteiger partial charge in [-0.3, -0.25) is 15.1 Å².